The molecule has 0 atom stereocenters. The van der Waals surface area contributed by atoms with Crippen molar-refractivity contribution in [3.05, 3.63) is 16.1 Å². The van der Waals surface area contributed by atoms with Crippen LogP contribution in [-0.4, -0.2) is 55.6 Å². The van der Waals surface area contributed by atoms with E-state index in [-0.39, 0.29) is 0 Å². The summed E-state index contributed by atoms with van der Waals surface area (Å²) in [6.07, 6.45) is 6.76. The van der Waals surface area contributed by atoms with E-state index in [1.165, 1.54) is 48.8 Å². The molecule has 23 heavy (non-hydrogen) atoms. The second-order valence-corrected chi connectivity index (χ2v) is 7.74. The lowest BCUT2D eigenvalue weighted by Gasteiger charge is -2.30. The van der Waals surface area contributed by atoms with Crippen molar-refractivity contribution < 1.29 is 0 Å². The molecule has 6 heteroatoms. The Balaban J connectivity index is 1.54. The molecule has 0 aromatic carbocycles. The molecule has 1 aliphatic heterocycles. The monoisotopic (exact) mass is 337 g/mol. The van der Waals surface area contributed by atoms with Gasteiger partial charge in [0.05, 0.1) is 5.01 Å². The molecular formula is C17H31N5S. The number of guanidine groups is 1. The largest absolute Gasteiger partial charge is 0.356 e. The zero-order chi connectivity index (χ0) is 16.5. The summed E-state index contributed by atoms with van der Waals surface area (Å²) in [5, 5.41) is 7.95. The molecule has 0 bridgehead atoms. The lowest BCUT2D eigenvalue weighted by molar-refractivity contribution is 0.191. The van der Waals surface area contributed by atoms with E-state index in [4.69, 9.17) is 0 Å². The summed E-state index contributed by atoms with van der Waals surface area (Å²) in [6.45, 7) is 10.0. The Morgan fingerprint density at radius 3 is 2.74 bits per heavy atom. The molecule has 0 unspecified atom stereocenters. The van der Waals surface area contributed by atoms with E-state index >= 15 is 0 Å². The lowest BCUT2D eigenvalue weighted by atomic mass is 9.99. The highest BCUT2D eigenvalue weighted by Gasteiger charge is 2.14. The third kappa shape index (κ3) is 6.87. The van der Waals surface area contributed by atoms with Gasteiger partial charge in [-0.25, -0.2) is 4.98 Å². The third-order valence-electron chi connectivity index (χ3n) is 4.34. The maximum atomic E-state index is 4.38. The molecule has 2 rings (SSSR count). The van der Waals surface area contributed by atoms with Crippen molar-refractivity contribution in [2.24, 2.45) is 10.9 Å². The minimum Gasteiger partial charge on any atom is -0.356 e. The first-order valence-electron chi connectivity index (χ1n) is 8.75. The van der Waals surface area contributed by atoms with Crippen LogP contribution in [0.4, 0.5) is 0 Å². The molecule has 1 aliphatic rings. The molecule has 1 aromatic heterocycles. The number of nitrogens with one attached hydrogen (secondary N) is 2. The Bertz CT molecular complexity index is 477. The minimum absolute atomic E-state index is 0.872. The van der Waals surface area contributed by atoms with Crippen molar-refractivity contribution in [1.29, 1.82) is 0 Å². The number of hydrogen-bond acceptors (Lipinski definition) is 4. The van der Waals surface area contributed by atoms with Crippen LogP contribution in [-0.2, 0) is 6.42 Å². The number of aliphatic imine (C=N–C) groups is 1. The van der Waals surface area contributed by atoms with Crippen LogP contribution in [0.1, 0.15) is 36.1 Å². The molecule has 2 N–H and O–H groups in total. The Hall–Kier alpha value is -1.14. The van der Waals surface area contributed by atoms with Crippen LogP contribution in [0.15, 0.2) is 11.2 Å². The van der Waals surface area contributed by atoms with Crippen LogP contribution in [0, 0.1) is 12.8 Å². The van der Waals surface area contributed by atoms with Gasteiger partial charge in [0.15, 0.2) is 5.96 Å². The van der Waals surface area contributed by atoms with Gasteiger partial charge in [0, 0.05) is 37.6 Å². The molecule has 0 amide bonds. The maximum absolute atomic E-state index is 4.38. The molecule has 2 heterocycles. The number of likely N-dealkylation sites (tertiary alicyclic amines) is 1. The normalized spacial score (nSPS) is 17.4. The maximum Gasteiger partial charge on any atom is 0.190 e. The van der Waals surface area contributed by atoms with Crippen LogP contribution in [0.3, 0.4) is 0 Å². The quantitative estimate of drug-likeness (QED) is 0.455. The van der Waals surface area contributed by atoms with Crippen LogP contribution in [0.25, 0.3) is 0 Å². The number of nitrogens with zero attached hydrogens (tertiary/aromatic N) is 3. The number of piperidine rings is 1. The Labute approximate surface area is 144 Å². The van der Waals surface area contributed by atoms with E-state index in [0.29, 0.717) is 0 Å². The molecule has 5 nitrogen and oxygen atoms in total. The zero-order valence-electron chi connectivity index (χ0n) is 14.8. The highest BCUT2D eigenvalue weighted by Crippen LogP contribution is 2.15. The van der Waals surface area contributed by atoms with Crippen molar-refractivity contribution in [1.82, 2.24) is 20.5 Å². The number of hydrogen-bond donors (Lipinski definition) is 2. The molecule has 0 aliphatic carbocycles. The molecule has 130 valence electrons. The average molecular weight is 338 g/mol. The average Bonchev–Trinajstić information content (AvgIpc) is 2.97. The van der Waals surface area contributed by atoms with E-state index in [0.717, 1.165) is 31.4 Å². The highest BCUT2D eigenvalue weighted by molar-refractivity contribution is 7.11. The standard InChI is InChI=1S/C17H31N5S/c1-14-6-11-22(12-7-14)10-4-8-19-17(18-3)20-9-5-16-21-13-15(2)23-16/h13-14H,4-12H2,1-3H3,(H2,18,19,20). The van der Waals surface area contributed by atoms with Crippen molar-refractivity contribution >= 4 is 17.3 Å². The number of aromatic nitrogens is 1. The van der Waals surface area contributed by atoms with Crippen LogP contribution < -0.4 is 10.6 Å². The first-order chi connectivity index (χ1) is 11.2. The second-order valence-electron chi connectivity index (χ2n) is 6.42. The predicted molar refractivity (Wildman–Crippen MR) is 99.4 cm³/mol. The van der Waals surface area contributed by atoms with Gasteiger partial charge in [-0.2, -0.15) is 0 Å². The second kappa shape index (κ2) is 9.88. The van der Waals surface area contributed by atoms with Gasteiger partial charge in [0.1, 0.15) is 0 Å². The van der Waals surface area contributed by atoms with E-state index in [1.54, 1.807) is 11.3 Å². The van der Waals surface area contributed by atoms with Crippen LogP contribution >= 0.6 is 11.3 Å². The topological polar surface area (TPSA) is 52.6 Å². The Morgan fingerprint density at radius 2 is 2.09 bits per heavy atom. The lowest BCUT2D eigenvalue weighted by Crippen LogP contribution is -2.40. The van der Waals surface area contributed by atoms with E-state index in [9.17, 15) is 0 Å². The number of aryl methyl sites for hydroxylation is 1. The van der Waals surface area contributed by atoms with Gasteiger partial charge in [0.2, 0.25) is 0 Å². The summed E-state index contributed by atoms with van der Waals surface area (Å²) in [5.41, 5.74) is 0. The molecular weight excluding hydrogens is 306 g/mol. The van der Waals surface area contributed by atoms with Gasteiger partial charge in [0.25, 0.3) is 0 Å². The number of thiazole rings is 1. The third-order valence-corrected chi connectivity index (χ3v) is 5.32. The van der Waals surface area contributed by atoms with Crippen molar-refractivity contribution in [2.45, 2.75) is 39.5 Å². The summed E-state index contributed by atoms with van der Waals surface area (Å²) in [4.78, 5) is 12.5. The molecule has 0 saturated carbocycles. The SMILES string of the molecule is CN=C(NCCCN1CCC(C)CC1)NCCc1ncc(C)s1. The van der Waals surface area contributed by atoms with Crippen LogP contribution in [0.5, 0.6) is 0 Å². The molecule has 0 spiro atoms. The fourth-order valence-electron chi connectivity index (χ4n) is 2.82. The van der Waals surface area contributed by atoms with Gasteiger partial charge in [-0.1, -0.05) is 6.92 Å². The van der Waals surface area contributed by atoms with Crippen molar-refractivity contribution in [2.75, 3.05) is 39.8 Å². The summed E-state index contributed by atoms with van der Waals surface area (Å²) in [5.74, 6) is 1.81. The molecule has 0 radical (unpaired) electrons. The van der Waals surface area contributed by atoms with Crippen molar-refractivity contribution in [3.8, 4) is 0 Å². The van der Waals surface area contributed by atoms with Gasteiger partial charge in [-0.3, -0.25) is 4.99 Å². The Kier molecular flexibility index (Phi) is 7.82. The molecule has 1 aromatic rings. The van der Waals surface area contributed by atoms with E-state index < -0.39 is 0 Å². The van der Waals surface area contributed by atoms with E-state index in [1.807, 2.05) is 13.2 Å². The van der Waals surface area contributed by atoms with E-state index in [2.05, 4.69) is 39.4 Å². The van der Waals surface area contributed by atoms with Gasteiger partial charge in [-0.15, -0.1) is 11.3 Å². The molecule has 1 fully saturated rings. The summed E-state index contributed by atoms with van der Waals surface area (Å²) >= 11 is 1.77. The Morgan fingerprint density at radius 1 is 1.35 bits per heavy atom. The highest BCUT2D eigenvalue weighted by atomic mass is 32.1. The van der Waals surface area contributed by atoms with Crippen LogP contribution in [0.2, 0.25) is 0 Å². The number of rotatable bonds is 7. The van der Waals surface area contributed by atoms with Gasteiger partial charge < -0.3 is 15.5 Å². The van der Waals surface area contributed by atoms with Crippen molar-refractivity contribution in [3.63, 3.8) is 0 Å². The first-order valence-corrected chi connectivity index (χ1v) is 9.57. The smallest absolute Gasteiger partial charge is 0.190 e. The van der Waals surface area contributed by atoms with Gasteiger partial charge >= 0.3 is 0 Å². The summed E-state index contributed by atoms with van der Waals surface area (Å²) in [7, 11) is 1.83. The fourth-order valence-corrected chi connectivity index (χ4v) is 3.61. The zero-order valence-corrected chi connectivity index (χ0v) is 15.6. The fraction of sp³-hybridized carbons (Fsp3) is 0.765. The summed E-state index contributed by atoms with van der Waals surface area (Å²) < 4.78 is 0. The first kappa shape index (κ1) is 18.2. The summed E-state index contributed by atoms with van der Waals surface area (Å²) in [6, 6.07) is 0. The minimum atomic E-state index is 0.872. The molecule has 1 saturated heterocycles. The predicted octanol–water partition coefficient (Wildman–Crippen LogP) is 2.28. The van der Waals surface area contributed by atoms with Gasteiger partial charge in [-0.05, 0) is 51.7 Å².